The van der Waals surface area contributed by atoms with Gasteiger partial charge in [0.25, 0.3) is 0 Å². The van der Waals surface area contributed by atoms with Gasteiger partial charge in [0.1, 0.15) is 5.82 Å². The Morgan fingerprint density at radius 3 is 1.98 bits per heavy atom. The Labute approximate surface area is 254 Å². The lowest BCUT2D eigenvalue weighted by Crippen LogP contribution is -2.42. The lowest BCUT2D eigenvalue weighted by molar-refractivity contribution is -0.143. The van der Waals surface area contributed by atoms with Gasteiger partial charge in [0, 0.05) is 34.3 Å². The molecule has 0 unspecified atom stereocenters. The Bertz CT molecular complexity index is 1470. The van der Waals surface area contributed by atoms with Crippen LogP contribution in [0.5, 0.6) is 0 Å². The largest absolute Gasteiger partial charge is 0.416 e. The number of alkyl halides is 6. The molecule has 2 N–H and O–H groups in total. The number of carbonyl (C=O) groups excluding carboxylic acids is 1. The number of carbonyl (C=O) groups is 1. The second-order valence-corrected chi connectivity index (χ2v) is 12.0. The van der Waals surface area contributed by atoms with Crippen molar-refractivity contribution in [3.05, 3.63) is 75.4 Å². The summed E-state index contributed by atoms with van der Waals surface area (Å²) in [6.07, 6.45) is -6.42. The van der Waals surface area contributed by atoms with Gasteiger partial charge in [-0.05, 0) is 81.5 Å². The first kappa shape index (κ1) is 32.9. The van der Waals surface area contributed by atoms with Crippen molar-refractivity contribution in [2.75, 3.05) is 17.3 Å². The van der Waals surface area contributed by atoms with E-state index in [0.717, 1.165) is 4.90 Å². The number of benzene rings is 2. The summed E-state index contributed by atoms with van der Waals surface area (Å²) in [4.78, 5) is 19.5. The van der Waals surface area contributed by atoms with E-state index in [2.05, 4.69) is 10.3 Å². The van der Waals surface area contributed by atoms with Crippen LogP contribution in [0.15, 0.2) is 48.7 Å². The van der Waals surface area contributed by atoms with E-state index in [9.17, 15) is 36.2 Å². The lowest BCUT2D eigenvalue weighted by Gasteiger charge is -2.32. The van der Waals surface area contributed by atoms with E-state index in [1.165, 1.54) is 33.2 Å². The fraction of sp³-hybridized carbons (Fsp3) is 0.400. The summed E-state index contributed by atoms with van der Waals surface area (Å²) in [5, 5.41) is 13.8. The van der Waals surface area contributed by atoms with Gasteiger partial charge >= 0.3 is 12.4 Å². The molecular formula is C30H29Cl2F6N3O2. The summed E-state index contributed by atoms with van der Waals surface area (Å²) in [7, 11) is 1.36. The molecule has 0 radical (unpaired) electrons. The third-order valence-corrected chi connectivity index (χ3v) is 8.21. The van der Waals surface area contributed by atoms with E-state index in [-0.39, 0.29) is 28.9 Å². The molecule has 1 aliphatic carbocycles. The Morgan fingerprint density at radius 1 is 0.884 bits per heavy atom. The molecule has 1 fully saturated rings. The summed E-state index contributed by atoms with van der Waals surface area (Å²) in [6, 6.07) is 7.58. The standard InChI is InChI=1S/C30H29Cl2F6N3O2/c1-28(2,16-10-17(29(33,34)35)12-18(11-16)30(36,37)38)27(43)41(3)25-15-39-26(40-20-5-7-21(42)8-6-20)14-23(25)22-9-4-19(31)13-24(22)32/h4,9-15,20-21,42H,5-8H2,1-3H3,(H,39,40)/t20-,21-. The molecule has 3 aromatic rings. The SMILES string of the molecule is CN(C(=O)C(C)(C)c1cc(C(F)(F)F)cc(C(F)(F)F)c1)c1cnc(N[C@H]2CC[C@H](O)CC2)cc1-c1ccc(Cl)cc1Cl. The number of amides is 1. The summed E-state index contributed by atoms with van der Waals surface area (Å²) in [6.45, 7) is 2.52. The molecule has 232 valence electrons. The zero-order valence-electron chi connectivity index (χ0n) is 23.4. The first-order valence-corrected chi connectivity index (χ1v) is 14.1. The Hall–Kier alpha value is -3.02. The number of nitrogens with one attached hydrogen (secondary N) is 1. The molecule has 1 heterocycles. The highest BCUT2D eigenvalue weighted by molar-refractivity contribution is 6.36. The average molecular weight is 648 g/mol. The zero-order valence-corrected chi connectivity index (χ0v) is 24.9. The van der Waals surface area contributed by atoms with Crippen molar-refractivity contribution in [3.8, 4) is 11.1 Å². The molecule has 5 nitrogen and oxygen atoms in total. The molecule has 0 spiro atoms. The summed E-state index contributed by atoms with van der Waals surface area (Å²) in [5.41, 5.74) is -4.18. The smallest absolute Gasteiger partial charge is 0.393 e. The van der Waals surface area contributed by atoms with E-state index >= 15 is 0 Å². The second kappa shape index (κ2) is 12.2. The van der Waals surface area contributed by atoms with Crippen LogP contribution in [0.3, 0.4) is 0 Å². The van der Waals surface area contributed by atoms with Gasteiger partial charge in [-0.2, -0.15) is 26.3 Å². The average Bonchev–Trinajstić information content (AvgIpc) is 2.92. The predicted octanol–water partition coefficient (Wildman–Crippen LogP) is 8.75. The van der Waals surface area contributed by atoms with Crippen LogP contribution in [0.25, 0.3) is 11.1 Å². The van der Waals surface area contributed by atoms with Crippen LogP contribution in [-0.2, 0) is 22.6 Å². The van der Waals surface area contributed by atoms with Gasteiger partial charge in [0.2, 0.25) is 5.91 Å². The minimum Gasteiger partial charge on any atom is -0.393 e. The highest BCUT2D eigenvalue weighted by Gasteiger charge is 2.41. The molecule has 0 aliphatic heterocycles. The molecule has 1 aliphatic rings. The summed E-state index contributed by atoms with van der Waals surface area (Å²) in [5.74, 6) is -0.325. The third kappa shape index (κ3) is 7.38. The van der Waals surface area contributed by atoms with E-state index < -0.39 is 40.4 Å². The van der Waals surface area contributed by atoms with E-state index in [1.54, 1.807) is 18.2 Å². The normalized spacial score (nSPS) is 18.0. The maximum absolute atomic E-state index is 13.9. The van der Waals surface area contributed by atoms with Crippen molar-refractivity contribution in [2.24, 2.45) is 0 Å². The van der Waals surface area contributed by atoms with Crippen LogP contribution in [0.2, 0.25) is 10.0 Å². The molecule has 4 rings (SSSR count). The van der Waals surface area contributed by atoms with Crippen molar-refractivity contribution in [2.45, 2.75) is 69.4 Å². The van der Waals surface area contributed by atoms with Crippen molar-refractivity contribution in [1.82, 2.24) is 4.98 Å². The van der Waals surface area contributed by atoms with Crippen LogP contribution < -0.4 is 10.2 Å². The number of hydrogen-bond donors (Lipinski definition) is 2. The topological polar surface area (TPSA) is 65.5 Å². The lowest BCUT2D eigenvalue weighted by atomic mass is 9.81. The van der Waals surface area contributed by atoms with Gasteiger partial charge in [0.05, 0.1) is 34.5 Å². The monoisotopic (exact) mass is 647 g/mol. The number of pyridine rings is 1. The van der Waals surface area contributed by atoms with Crippen molar-refractivity contribution in [3.63, 3.8) is 0 Å². The first-order chi connectivity index (χ1) is 19.9. The number of aliphatic hydroxyl groups is 1. The molecule has 1 saturated carbocycles. The Morgan fingerprint density at radius 2 is 1.44 bits per heavy atom. The number of aromatic nitrogens is 1. The van der Waals surface area contributed by atoms with Gasteiger partial charge in [0.15, 0.2) is 0 Å². The highest BCUT2D eigenvalue weighted by atomic mass is 35.5. The first-order valence-electron chi connectivity index (χ1n) is 13.4. The Kier molecular flexibility index (Phi) is 9.30. The quantitative estimate of drug-likeness (QED) is 0.263. The van der Waals surface area contributed by atoms with E-state index in [1.807, 2.05) is 0 Å². The number of aliphatic hydroxyl groups excluding tert-OH is 1. The second-order valence-electron chi connectivity index (χ2n) is 11.1. The fourth-order valence-electron chi connectivity index (χ4n) is 5.12. The molecule has 2 aromatic carbocycles. The molecule has 43 heavy (non-hydrogen) atoms. The Balaban J connectivity index is 1.77. The predicted molar refractivity (Wildman–Crippen MR) is 154 cm³/mol. The molecule has 0 saturated heterocycles. The van der Waals surface area contributed by atoms with Crippen LogP contribution in [0.1, 0.15) is 56.2 Å². The number of likely N-dealkylation sites (N-methyl/N-ethyl adjacent to an activating group) is 1. The van der Waals surface area contributed by atoms with Crippen molar-refractivity contribution < 1.29 is 36.2 Å². The van der Waals surface area contributed by atoms with Crippen LogP contribution >= 0.6 is 23.2 Å². The zero-order chi connectivity index (χ0) is 31.9. The van der Waals surface area contributed by atoms with Crippen molar-refractivity contribution >= 4 is 40.6 Å². The number of halogens is 8. The minimum absolute atomic E-state index is 0.0249. The molecule has 0 atom stereocenters. The van der Waals surface area contributed by atoms with Gasteiger partial charge in [-0.15, -0.1) is 0 Å². The van der Waals surface area contributed by atoms with E-state index in [4.69, 9.17) is 23.2 Å². The fourth-order valence-corrected chi connectivity index (χ4v) is 5.63. The van der Waals surface area contributed by atoms with Crippen molar-refractivity contribution in [1.29, 1.82) is 0 Å². The van der Waals surface area contributed by atoms with Crippen LogP contribution in [0.4, 0.5) is 37.8 Å². The maximum Gasteiger partial charge on any atom is 0.416 e. The molecular weight excluding hydrogens is 619 g/mol. The van der Waals surface area contributed by atoms with E-state index in [0.29, 0.717) is 59.8 Å². The summed E-state index contributed by atoms with van der Waals surface area (Å²) < 4.78 is 81.4. The highest BCUT2D eigenvalue weighted by Crippen LogP contribution is 2.42. The maximum atomic E-state index is 13.9. The number of anilines is 2. The van der Waals surface area contributed by atoms with Crippen LogP contribution in [0, 0.1) is 0 Å². The molecule has 1 aromatic heterocycles. The van der Waals surface area contributed by atoms with Gasteiger partial charge < -0.3 is 15.3 Å². The molecule has 1 amide bonds. The number of nitrogens with zero attached hydrogens (tertiary/aromatic N) is 2. The molecule has 13 heteroatoms. The van der Waals surface area contributed by atoms with Gasteiger partial charge in [-0.25, -0.2) is 4.98 Å². The number of hydrogen-bond acceptors (Lipinski definition) is 4. The van der Waals surface area contributed by atoms with Gasteiger partial charge in [-0.3, -0.25) is 4.79 Å². The van der Waals surface area contributed by atoms with Gasteiger partial charge in [-0.1, -0.05) is 29.3 Å². The minimum atomic E-state index is -5.07. The summed E-state index contributed by atoms with van der Waals surface area (Å²) >= 11 is 12.6. The number of rotatable bonds is 6. The molecule has 0 bridgehead atoms. The third-order valence-electron chi connectivity index (χ3n) is 7.66. The van der Waals surface area contributed by atoms with Crippen LogP contribution in [-0.4, -0.2) is 35.2 Å².